The summed E-state index contributed by atoms with van der Waals surface area (Å²) in [6.45, 7) is 0. The van der Waals surface area contributed by atoms with Gasteiger partial charge in [-0.3, -0.25) is 9.59 Å². The zero-order chi connectivity index (χ0) is 10.8. The largest absolute Gasteiger partial charge is 0.481 e. The van der Waals surface area contributed by atoms with Gasteiger partial charge in [-0.15, -0.1) is 0 Å². The molecular weight excluding hydrogens is 216 g/mol. The van der Waals surface area contributed by atoms with Gasteiger partial charge in [-0.1, -0.05) is 11.8 Å². The topological polar surface area (TPSA) is 83.0 Å². The number of nitrogens with one attached hydrogen (secondary N) is 1. The van der Waals surface area contributed by atoms with E-state index >= 15 is 0 Å². The van der Waals surface area contributed by atoms with Gasteiger partial charge in [0.15, 0.2) is 5.16 Å². The minimum absolute atomic E-state index is 0.0863. The number of aromatic amines is 1. The number of hydrogen-bond acceptors (Lipinski definition) is 4. The number of carboxylic acid groups (broad SMARTS) is 1. The Morgan fingerprint density at radius 3 is 3.00 bits per heavy atom. The average Bonchev–Trinajstić information content (AvgIpc) is 2.97. The van der Waals surface area contributed by atoms with Crippen molar-refractivity contribution in [2.45, 2.75) is 23.9 Å². The molecule has 0 aromatic carbocycles. The first kappa shape index (κ1) is 10.2. The molecule has 5 nitrogen and oxygen atoms in total. The van der Waals surface area contributed by atoms with Crippen LogP contribution in [0.3, 0.4) is 0 Å². The summed E-state index contributed by atoms with van der Waals surface area (Å²) >= 11 is 1.04. The summed E-state index contributed by atoms with van der Waals surface area (Å²) in [7, 11) is 0. The first-order valence-electron chi connectivity index (χ1n) is 4.61. The van der Waals surface area contributed by atoms with Crippen molar-refractivity contribution < 1.29 is 9.90 Å². The van der Waals surface area contributed by atoms with E-state index < -0.39 is 5.97 Å². The van der Waals surface area contributed by atoms with Gasteiger partial charge in [0.05, 0.1) is 11.4 Å². The number of aromatic nitrogens is 2. The second kappa shape index (κ2) is 4.06. The maximum atomic E-state index is 11.2. The number of hydrogen-bond donors (Lipinski definition) is 2. The highest BCUT2D eigenvalue weighted by molar-refractivity contribution is 7.99. The second-order valence-corrected chi connectivity index (χ2v) is 4.40. The molecule has 0 bridgehead atoms. The van der Waals surface area contributed by atoms with Crippen molar-refractivity contribution in [1.82, 2.24) is 9.97 Å². The second-order valence-electron chi connectivity index (χ2n) is 3.43. The Morgan fingerprint density at radius 1 is 1.67 bits per heavy atom. The molecule has 0 unspecified atom stereocenters. The third-order valence-electron chi connectivity index (χ3n) is 2.07. The molecule has 0 radical (unpaired) electrons. The zero-order valence-corrected chi connectivity index (χ0v) is 8.71. The van der Waals surface area contributed by atoms with Crippen LogP contribution in [-0.4, -0.2) is 26.8 Å². The van der Waals surface area contributed by atoms with Crippen molar-refractivity contribution in [3.05, 3.63) is 22.1 Å². The molecule has 1 fully saturated rings. The third-order valence-corrected chi connectivity index (χ3v) is 2.93. The smallest absolute Gasteiger partial charge is 0.313 e. The Hall–Kier alpha value is -1.30. The Labute approximate surface area is 89.9 Å². The Bertz CT molecular complexity index is 439. The maximum Gasteiger partial charge on any atom is 0.313 e. The fourth-order valence-corrected chi connectivity index (χ4v) is 1.84. The van der Waals surface area contributed by atoms with Crippen molar-refractivity contribution in [3.8, 4) is 0 Å². The predicted molar refractivity (Wildman–Crippen MR) is 55.2 cm³/mol. The van der Waals surface area contributed by atoms with Gasteiger partial charge in [-0.2, -0.15) is 0 Å². The average molecular weight is 226 g/mol. The standard InChI is InChI=1S/C9H10N2O3S/c12-7-3-6(5-1-2-5)10-9(11-7)15-4-8(13)14/h3,5H,1-2,4H2,(H,13,14)(H,10,11,12). The van der Waals surface area contributed by atoms with Gasteiger partial charge in [-0.25, -0.2) is 4.98 Å². The van der Waals surface area contributed by atoms with Crippen LogP contribution >= 0.6 is 11.8 Å². The number of nitrogens with zero attached hydrogens (tertiary/aromatic N) is 1. The normalized spacial score (nSPS) is 15.2. The maximum absolute atomic E-state index is 11.2. The van der Waals surface area contributed by atoms with E-state index in [0.717, 1.165) is 30.3 Å². The molecular formula is C9H10N2O3S. The van der Waals surface area contributed by atoms with Gasteiger partial charge < -0.3 is 10.1 Å². The van der Waals surface area contributed by atoms with Crippen LogP contribution in [0.5, 0.6) is 0 Å². The number of carboxylic acids is 1. The highest BCUT2D eigenvalue weighted by atomic mass is 32.2. The van der Waals surface area contributed by atoms with Crippen molar-refractivity contribution in [3.63, 3.8) is 0 Å². The van der Waals surface area contributed by atoms with Crippen molar-refractivity contribution in [2.24, 2.45) is 0 Å². The van der Waals surface area contributed by atoms with Crippen molar-refractivity contribution in [1.29, 1.82) is 0 Å². The number of aliphatic carboxylic acids is 1. The first-order valence-corrected chi connectivity index (χ1v) is 5.59. The molecule has 1 aliphatic rings. The van der Waals surface area contributed by atoms with Gasteiger partial charge in [0.25, 0.3) is 5.56 Å². The summed E-state index contributed by atoms with van der Waals surface area (Å²) in [5.41, 5.74) is 0.575. The van der Waals surface area contributed by atoms with Gasteiger partial charge in [0.2, 0.25) is 0 Å². The predicted octanol–water partition coefficient (Wildman–Crippen LogP) is 0.824. The molecule has 0 aliphatic heterocycles. The number of thioether (sulfide) groups is 1. The Balaban J connectivity index is 2.15. The lowest BCUT2D eigenvalue weighted by Gasteiger charge is -2.00. The molecule has 1 heterocycles. The molecule has 0 saturated heterocycles. The first-order chi connectivity index (χ1) is 7.15. The number of rotatable bonds is 4. The summed E-state index contributed by atoms with van der Waals surface area (Å²) in [5, 5.41) is 8.89. The van der Waals surface area contributed by atoms with Gasteiger partial charge in [0.1, 0.15) is 0 Å². The Kier molecular flexibility index (Phi) is 2.77. The lowest BCUT2D eigenvalue weighted by atomic mass is 10.3. The summed E-state index contributed by atoms with van der Waals surface area (Å²) in [5.74, 6) is -0.604. The van der Waals surface area contributed by atoms with Gasteiger partial charge in [0, 0.05) is 12.0 Å². The molecule has 1 aromatic heterocycles. The van der Waals surface area contributed by atoms with Crippen LogP contribution in [0.1, 0.15) is 24.5 Å². The van der Waals surface area contributed by atoms with Crippen LogP contribution in [0.15, 0.2) is 16.0 Å². The molecule has 2 N–H and O–H groups in total. The van der Waals surface area contributed by atoms with E-state index in [1.54, 1.807) is 0 Å². The molecule has 0 atom stereocenters. The van der Waals surface area contributed by atoms with Gasteiger partial charge in [-0.05, 0) is 12.8 Å². The van der Waals surface area contributed by atoms with Gasteiger partial charge >= 0.3 is 5.97 Å². The van der Waals surface area contributed by atoms with Crippen LogP contribution in [0.4, 0.5) is 0 Å². The van der Waals surface area contributed by atoms with Crippen LogP contribution in [-0.2, 0) is 4.79 Å². The molecule has 15 heavy (non-hydrogen) atoms. The zero-order valence-electron chi connectivity index (χ0n) is 7.90. The molecule has 2 rings (SSSR count). The number of carbonyl (C=O) groups is 1. The summed E-state index contributed by atoms with van der Waals surface area (Å²) in [4.78, 5) is 28.3. The minimum atomic E-state index is -0.917. The molecule has 6 heteroatoms. The van der Waals surface area contributed by atoms with E-state index in [1.807, 2.05) is 0 Å². The third kappa shape index (κ3) is 2.82. The monoisotopic (exact) mass is 226 g/mol. The van der Waals surface area contributed by atoms with Crippen molar-refractivity contribution in [2.75, 3.05) is 5.75 Å². The highest BCUT2D eigenvalue weighted by Gasteiger charge is 2.25. The summed E-state index contributed by atoms with van der Waals surface area (Å²) < 4.78 is 0. The summed E-state index contributed by atoms with van der Waals surface area (Å²) in [6.07, 6.45) is 2.14. The fraction of sp³-hybridized carbons (Fsp3) is 0.444. The molecule has 80 valence electrons. The lowest BCUT2D eigenvalue weighted by molar-refractivity contribution is -0.133. The van der Waals surface area contributed by atoms with Crippen LogP contribution in [0.25, 0.3) is 0 Å². The van der Waals surface area contributed by atoms with E-state index in [-0.39, 0.29) is 11.3 Å². The highest BCUT2D eigenvalue weighted by Crippen LogP contribution is 2.38. The molecule has 0 spiro atoms. The van der Waals surface area contributed by atoms with Crippen LogP contribution < -0.4 is 5.56 Å². The van der Waals surface area contributed by atoms with E-state index in [1.165, 1.54) is 6.07 Å². The number of H-pyrrole nitrogens is 1. The minimum Gasteiger partial charge on any atom is -0.481 e. The van der Waals surface area contributed by atoms with E-state index in [4.69, 9.17) is 5.11 Å². The molecule has 1 aromatic rings. The lowest BCUT2D eigenvalue weighted by Crippen LogP contribution is -2.10. The molecule has 1 aliphatic carbocycles. The molecule has 1 saturated carbocycles. The van der Waals surface area contributed by atoms with E-state index in [0.29, 0.717) is 11.1 Å². The molecule has 0 amide bonds. The van der Waals surface area contributed by atoms with Crippen LogP contribution in [0.2, 0.25) is 0 Å². The van der Waals surface area contributed by atoms with E-state index in [2.05, 4.69) is 9.97 Å². The SMILES string of the molecule is O=C(O)CSc1nc(C2CC2)cc(=O)[nH]1. The van der Waals surface area contributed by atoms with Crippen LogP contribution in [0, 0.1) is 0 Å². The van der Waals surface area contributed by atoms with Crippen molar-refractivity contribution >= 4 is 17.7 Å². The van der Waals surface area contributed by atoms with E-state index in [9.17, 15) is 9.59 Å². The quantitative estimate of drug-likeness (QED) is 0.586. The fourth-order valence-electron chi connectivity index (χ4n) is 1.24. The Morgan fingerprint density at radius 2 is 2.40 bits per heavy atom. The summed E-state index contributed by atoms with van der Waals surface area (Å²) in [6, 6.07) is 1.49.